The first-order valence-electron chi connectivity index (χ1n) is 6.07. The number of hydrogen-bond donors (Lipinski definition) is 1. The molecule has 0 aliphatic carbocycles. The van der Waals surface area contributed by atoms with Crippen LogP contribution < -0.4 is 5.32 Å². The molecule has 4 heteroatoms. The normalized spacial score (nSPS) is 20.5. The van der Waals surface area contributed by atoms with Gasteiger partial charge in [0.15, 0.2) is 0 Å². The summed E-state index contributed by atoms with van der Waals surface area (Å²) in [5.41, 5.74) is 1.33. The fraction of sp³-hybridized carbons (Fsp3) is 0.750. The van der Waals surface area contributed by atoms with Crippen molar-refractivity contribution in [3.63, 3.8) is 0 Å². The van der Waals surface area contributed by atoms with E-state index >= 15 is 0 Å². The highest BCUT2D eigenvalue weighted by atomic mass is 15.2. The number of nitrogens with one attached hydrogen (secondary N) is 1. The summed E-state index contributed by atoms with van der Waals surface area (Å²) in [5.74, 6) is 1.18. The Morgan fingerprint density at radius 1 is 1.62 bits per heavy atom. The number of imidazole rings is 1. The number of hydrogen-bond acceptors (Lipinski definition) is 3. The third-order valence-corrected chi connectivity index (χ3v) is 3.44. The first-order valence-corrected chi connectivity index (χ1v) is 6.07. The van der Waals surface area contributed by atoms with Crippen LogP contribution in [0.3, 0.4) is 0 Å². The van der Waals surface area contributed by atoms with Crippen LogP contribution in [0.1, 0.15) is 38.3 Å². The van der Waals surface area contributed by atoms with Gasteiger partial charge in [-0.2, -0.15) is 0 Å². The van der Waals surface area contributed by atoms with Crippen molar-refractivity contribution in [1.29, 1.82) is 0 Å². The molecule has 0 radical (unpaired) electrons. The molecule has 1 atom stereocenters. The molecule has 2 rings (SSSR count). The summed E-state index contributed by atoms with van der Waals surface area (Å²) in [6.07, 6.45) is 2.03. The van der Waals surface area contributed by atoms with Crippen LogP contribution in [-0.4, -0.2) is 34.1 Å². The SMILES string of the molecule is CC(C)N(C)Cc1cnc2n1CCN[C@H]2C. The quantitative estimate of drug-likeness (QED) is 0.839. The van der Waals surface area contributed by atoms with E-state index in [4.69, 9.17) is 0 Å². The van der Waals surface area contributed by atoms with Crippen LogP contribution >= 0.6 is 0 Å². The third-order valence-electron chi connectivity index (χ3n) is 3.44. The Morgan fingerprint density at radius 2 is 2.38 bits per heavy atom. The van der Waals surface area contributed by atoms with Crippen LogP contribution in [-0.2, 0) is 13.1 Å². The van der Waals surface area contributed by atoms with E-state index < -0.39 is 0 Å². The molecule has 2 heterocycles. The molecular weight excluding hydrogens is 200 g/mol. The van der Waals surface area contributed by atoms with Gasteiger partial charge in [-0.25, -0.2) is 4.98 Å². The highest BCUT2D eigenvalue weighted by Gasteiger charge is 2.20. The number of rotatable bonds is 3. The van der Waals surface area contributed by atoms with E-state index in [9.17, 15) is 0 Å². The summed E-state index contributed by atoms with van der Waals surface area (Å²) in [6, 6.07) is 0.956. The minimum atomic E-state index is 0.381. The molecule has 0 spiro atoms. The maximum Gasteiger partial charge on any atom is 0.125 e. The van der Waals surface area contributed by atoms with E-state index in [2.05, 4.69) is 47.6 Å². The average Bonchev–Trinajstić information content (AvgIpc) is 2.63. The van der Waals surface area contributed by atoms with Gasteiger partial charge in [-0.1, -0.05) is 0 Å². The van der Waals surface area contributed by atoms with E-state index in [0.717, 1.165) is 19.6 Å². The van der Waals surface area contributed by atoms with Crippen LogP contribution in [0.5, 0.6) is 0 Å². The molecule has 1 aliphatic heterocycles. The largest absolute Gasteiger partial charge is 0.328 e. The van der Waals surface area contributed by atoms with Gasteiger partial charge >= 0.3 is 0 Å². The zero-order valence-corrected chi connectivity index (χ0v) is 10.7. The monoisotopic (exact) mass is 222 g/mol. The third kappa shape index (κ3) is 2.13. The molecule has 1 aromatic heterocycles. The van der Waals surface area contributed by atoms with E-state index in [0.29, 0.717) is 12.1 Å². The molecule has 0 bridgehead atoms. The lowest BCUT2D eigenvalue weighted by Gasteiger charge is -2.26. The lowest BCUT2D eigenvalue weighted by molar-refractivity contribution is 0.256. The summed E-state index contributed by atoms with van der Waals surface area (Å²) in [7, 11) is 2.16. The second-order valence-electron chi connectivity index (χ2n) is 4.94. The fourth-order valence-electron chi connectivity index (χ4n) is 2.08. The molecular formula is C12H22N4. The molecule has 0 aromatic carbocycles. The second kappa shape index (κ2) is 4.55. The van der Waals surface area contributed by atoms with Crippen LogP contribution in [0.15, 0.2) is 6.20 Å². The second-order valence-corrected chi connectivity index (χ2v) is 4.94. The number of aromatic nitrogens is 2. The van der Waals surface area contributed by atoms with Crippen LogP contribution in [0.2, 0.25) is 0 Å². The van der Waals surface area contributed by atoms with Gasteiger partial charge in [0.2, 0.25) is 0 Å². The maximum atomic E-state index is 4.52. The van der Waals surface area contributed by atoms with Gasteiger partial charge < -0.3 is 9.88 Å². The predicted octanol–water partition coefficient (Wildman–Crippen LogP) is 1.39. The van der Waals surface area contributed by atoms with Crippen molar-refractivity contribution < 1.29 is 0 Å². The molecule has 0 unspecified atom stereocenters. The standard InChI is InChI=1S/C12H22N4/c1-9(2)15(4)8-11-7-14-12-10(3)13-5-6-16(11)12/h7,9-10,13H,5-6,8H2,1-4H3/t10-/m0/s1. The highest BCUT2D eigenvalue weighted by molar-refractivity contribution is 5.10. The van der Waals surface area contributed by atoms with Gasteiger partial charge in [-0.15, -0.1) is 0 Å². The number of nitrogens with zero attached hydrogens (tertiary/aromatic N) is 3. The zero-order valence-electron chi connectivity index (χ0n) is 10.7. The van der Waals surface area contributed by atoms with Crippen molar-refractivity contribution in [2.24, 2.45) is 0 Å². The van der Waals surface area contributed by atoms with Gasteiger partial charge in [-0.3, -0.25) is 4.90 Å². The Morgan fingerprint density at radius 3 is 3.06 bits per heavy atom. The van der Waals surface area contributed by atoms with Crippen molar-refractivity contribution >= 4 is 0 Å². The topological polar surface area (TPSA) is 33.1 Å². The summed E-state index contributed by atoms with van der Waals surface area (Å²) >= 11 is 0. The van der Waals surface area contributed by atoms with Crippen LogP contribution in [0, 0.1) is 0 Å². The summed E-state index contributed by atoms with van der Waals surface area (Å²) in [4.78, 5) is 6.87. The van der Waals surface area contributed by atoms with Gasteiger partial charge in [0.05, 0.1) is 11.7 Å². The van der Waals surface area contributed by atoms with Crippen molar-refractivity contribution in [2.75, 3.05) is 13.6 Å². The Kier molecular flexibility index (Phi) is 3.30. The Bertz CT molecular complexity index is 356. The minimum absolute atomic E-state index is 0.381. The van der Waals surface area contributed by atoms with Gasteiger partial charge in [0.1, 0.15) is 5.82 Å². The number of fused-ring (bicyclic) bond motifs is 1. The molecule has 16 heavy (non-hydrogen) atoms. The average molecular weight is 222 g/mol. The molecule has 1 aliphatic rings. The van der Waals surface area contributed by atoms with E-state index in [1.54, 1.807) is 0 Å². The van der Waals surface area contributed by atoms with Crippen molar-refractivity contribution in [1.82, 2.24) is 19.8 Å². The Balaban J connectivity index is 2.17. The van der Waals surface area contributed by atoms with E-state index in [1.807, 2.05) is 6.20 Å². The lowest BCUT2D eigenvalue weighted by atomic mass is 10.2. The zero-order chi connectivity index (χ0) is 11.7. The lowest BCUT2D eigenvalue weighted by Crippen LogP contribution is -2.34. The first-order chi connectivity index (χ1) is 7.59. The van der Waals surface area contributed by atoms with Crippen molar-refractivity contribution in [3.8, 4) is 0 Å². The Labute approximate surface area is 97.7 Å². The van der Waals surface area contributed by atoms with Gasteiger partial charge in [-0.05, 0) is 27.8 Å². The molecule has 0 fully saturated rings. The Hall–Kier alpha value is -0.870. The molecule has 90 valence electrons. The van der Waals surface area contributed by atoms with E-state index in [1.165, 1.54) is 11.5 Å². The first kappa shape index (κ1) is 11.6. The highest BCUT2D eigenvalue weighted by Crippen LogP contribution is 2.18. The van der Waals surface area contributed by atoms with Crippen LogP contribution in [0.25, 0.3) is 0 Å². The molecule has 1 N–H and O–H groups in total. The fourth-order valence-corrected chi connectivity index (χ4v) is 2.08. The molecule has 0 saturated carbocycles. The van der Waals surface area contributed by atoms with Gasteiger partial charge in [0, 0.05) is 31.9 Å². The van der Waals surface area contributed by atoms with Crippen LogP contribution in [0.4, 0.5) is 0 Å². The summed E-state index contributed by atoms with van der Waals surface area (Å²) < 4.78 is 2.36. The molecule has 0 saturated heterocycles. The van der Waals surface area contributed by atoms with Gasteiger partial charge in [0.25, 0.3) is 0 Å². The maximum absolute atomic E-state index is 4.52. The molecule has 1 aromatic rings. The summed E-state index contributed by atoms with van der Waals surface area (Å²) in [5, 5.41) is 3.43. The van der Waals surface area contributed by atoms with Crippen molar-refractivity contribution in [2.45, 2.75) is 45.9 Å². The minimum Gasteiger partial charge on any atom is -0.328 e. The molecule has 4 nitrogen and oxygen atoms in total. The van der Waals surface area contributed by atoms with Crippen molar-refractivity contribution in [3.05, 3.63) is 17.7 Å². The van der Waals surface area contributed by atoms with E-state index in [-0.39, 0.29) is 0 Å². The predicted molar refractivity (Wildman–Crippen MR) is 65.2 cm³/mol. The molecule has 0 amide bonds. The summed E-state index contributed by atoms with van der Waals surface area (Å²) in [6.45, 7) is 9.69. The smallest absolute Gasteiger partial charge is 0.125 e.